The van der Waals surface area contributed by atoms with Gasteiger partial charge in [0.25, 0.3) is 0 Å². The van der Waals surface area contributed by atoms with Crippen LogP contribution >= 0.6 is 0 Å². The highest BCUT2D eigenvalue weighted by molar-refractivity contribution is 5.71. The Kier molecular flexibility index (Phi) is 4.78. The number of hydrogen-bond acceptors (Lipinski definition) is 2. The minimum atomic E-state index is -0.583. The fourth-order valence-corrected chi connectivity index (χ4v) is 4.15. The van der Waals surface area contributed by atoms with Crippen molar-refractivity contribution in [2.75, 3.05) is 13.1 Å². The van der Waals surface area contributed by atoms with Crippen molar-refractivity contribution in [1.82, 2.24) is 4.90 Å². The highest BCUT2D eigenvalue weighted by Gasteiger charge is 2.42. The molecule has 1 heterocycles. The van der Waals surface area contributed by atoms with Gasteiger partial charge in [-0.05, 0) is 55.9 Å². The van der Waals surface area contributed by atoms with Gasteiger partial charge in [-0.25, -0.2) is 0 Å². The molecule has 0 aromatic carbocycles. The number of aliphatic carboxylic acids is 1. The van der Waals surface area contributed by atoms with E-state index in [2.05, 4.69) is 32.6 Å². The minimum Gasteiger partial charge on any atom is -0.481 e. The molecule has 2 rings (SSSR count). The molecule has 4 atom stereocenters. The molecule has 1 saturated heterocycles. The number of nitrogens with zero attached hydrogens (tertiary/aromatic N) is 1. The van der Waals surface area contributed by atoms with Crippen molar-refractivity contribution in [3.63, 3.8) is 0 Å². The van der Waals surface area contributed by atoms with Crippen LogP contribution in [0.5, 0.6) is 0 Å². The lowest BCUT2D eigenvalue weighted by molar-refractivity contribution is -0.147. The summed E-state index contributed by atoms with van der Waals surface area (Å²) in [6.07, 6.45) is 5.51. The number of likely N-dealkylation sites (tertiary alicyclic amines) is 1. The monoisotopic (exact) mass is 281 g/mol. The summed E-state index contributed by atoms with van der Waals surface area (Å²) in [5.41, 5.74) is 0.295. The highest BCUT2D eigenvalue weighted by atomic mass is 16.4. The van der Waals surface area contributed by atoms with Crippen LogP contribution in [0, 0.1) is 23.2 Å². The molecule has 0 amide bonds. The van der Waals surface area contributed by atoms with Crippen molar-refractivity contribution < 1.29 is 9.90 Å². The average Bonchev–Trinajstić information content (AvgIpc) is 2.37. The first-order valence-corrected chi connectivity index (χ1v) is 8.26. The topological polar surface area (TPSA) is 40.5 Å². The van der Waals surface area contributed by atoms with Gasteiger partial charge < -0.3 is 5.11 Å². The third-order valence-electron chi connectivity index (χ3n) is 5.52. The van der Waals surface area contributed by atoms with E-state index in [4.69, 9.17) is 0 Å². The lowest BCUT2D eigenvalue weighted by Gasteiger charge is -2.47. The maximum absolute atomic E-state index is 11.6. The predicted molar refractivity (Wildman–Crippen MR) is 81.7 cm³/mol. The molecule has 4 unspecified atom stereocenters. The molecule has 0 aromatic heterocycles. The van der Waals surface area contributed by atoms with Gasteiger partial charge in [0.05, 0.1) is 5.92 Å². The molecule has 2 aliphatic rings. The molecule has 3 nitrogen and oxygen atoms in total. The molecule has 1 aliphatic heterocycles. The molecule has 20 heavy (non-hydrogen) atoms. The normalized spacial score (nSPS) is 36.8. The van der Waals surface area contributed by atoms with E-state index in [0.717, 1.165) is 32.4 Å². The molecular weight excluding hydrogens is 250 g/mol. The minimum absolute atomic E-state index is 0.154. The third kappa shape index (κ3) is 3.55. The summed E-state index contributed by atoms with van der Waals surface area (Å²) >= 11 is 0. The fraction of sp³-hybridized carbons (Fsp3) is 0.941. The van der Waals surface area contributed by atoms with E-state index in [1.807, 2.05) is 0 Å². The third-order valence-corrected chi connectivity index (χ3v) is 5.52. The molecule has 0 aromatic rings. The van der Waals surface area contributed by atoms with Crippen LogP contribution in [-0.2, 0) is 4.79 Å². The fourth-order valence-electron chi connectivity index (χ4n) is 4.15. The van der Waals surface area contributed by atoms with Crippen LogP contribution in [0.2, 0.25) is 0 Å². The summed E-state index contributed by atoms with van der Waals surface area (Å²) in [5, 5.41) is 9.57. The van der Waals surface area contributed by atoms with Crippen LogP contribution < -0.4 is 0 Å². The number of rotatable bonds is 2. The smallest absolute Gasteiger partial charge is 0.308 e. The van der Waals surface area contributed by atoms with E-state index in [1.165, 1.54) is 12.8 Å². The molecule has 116 valence electrons. The van der Waals surface area contributed by atoms with Gasteiger partial charge in [-0.15, -0.1) is 0 Å². The van der Waals surface area contributed by atoms with Gasteiger partial charge in [0, 0.05) is 12.6 Å². The Morgan fingerprint density at radius 3 is 2.45 bits per heavy atom. The summed E-state index contributed by atoms with van der Waals surface area (Å²) in [7, 11) is 0. The molecule has 1 saturated carbocycles. The van der Waals surface area contributed by atoms with Crippen molar-refractivity contribution in [2.45, 2.75) is 65.8 Å². The highest BCUT2D eigenvalue weighted by Crippen LogP contribution is 2.42. The van der Waals surface area contributed by atoms with E-state index >= 15 is 0 Å². The summed E-state index contributed by atoms with van der Waals surface area (Å²) in [6, 6.07) is 0.258. The van der Waals surface area contributed by atoms with Gasteiger partial charge in [-0.3, -0.25) is 9.69 Å². The van der Waals surface area contributed by atoms with Gasteiger partial charge in [0.15, 0.2) is 0 Å². The molecule has 3 heteroatoms. The van der Waals surface area contributed by atoms with E-state index in [1.54, 1.807) is 0 Å². The van der Waals surface area contributed by atoms with Crippen molar-refractivity contribution >= 4 is 5.97 Å². The van der Waals surface area contributed by atoms with E-state index in [9.17, 15) is 9.90 Å². The van der Waals surface area contributed by atoms with Crippen LogP contribution in [0.25, 0.3) is 0 Å². The molecule has 0 spiro atoms. The Morgan fingerprint density at radius 1 is 1.20 bits per heavy atom. The summed E-state index contributed by atoms with van der Waals surface area (Å²) in [6.45, 7) is 11.4. The Hall–Kier alpha value is -0.570. The second-order valence-corrected chi connectivity index (χ2v) is 8.13. The van der Waals surface area contributed by atoms with Gasteiger partial charge in [0.1, 0.15) is 0 Å². The maximum Gasteiger partial charge on any atom is 0.308 e. The first-order valence-electron chi connectivity index (χ1n) is 8.26. The van der Waals surface area contributed by atoms with Gasteiger partial charge in [0.2, 0.25) is 0 Å². The summed E-state index contributed by atoms with van der Waals surface area (Å²) < 4.78 is 0. The zero-order chi connectivity index (χ0) is 14.9. The van der Waals surface area contributed by atoms with E-state index < -0.39 is 5.97 Å². The molecule has 0 radical (unpaired) electrons. The molecule has 1 aliphatic carbocycles. The second-order valence-electron chi connectivity index (χ2n) is 8.13. The number of carbonyl (C=O) groups is 1. The largest absolute Gasteiger partial charge is 0.481 e. The molecule has 0 bridgehead atoms. The van der Waals surface area contributed by atoms with Crippen LogP contribution in [0.4, 0.5) is 0 Å². The quantitative estimate of drug-likeness (QED) is 0.840. The number of carboxylic acid groups (broad SMARTS) is 1. The van der Waals surface area contributed by atoms with Gasteiger partial charge in [-0.1, -0.05) is 27.7 Å². The summed E-state index contributed by atoms with van der Waals surface area (Å²) in [4.78, 5) is 14.1. The Balaban J connectivity index is 2.12. The first kappa shape index (κ1) is 15.8. The van der Waals surface area contributed by atoms with Crippen molar-refractivity contribution in [3.05, 3.63) is 0 Å². The molecule has 2 fully saturated rings. The van der Waals surface area contributed by atoms with Crippen LogP contribution in [0.15, 0.2) is 0 Å². The standard InChI is InChI=1S/C17H31NO2/c1-12-6-5-9-18(11-12)15-10-13(17(2,3)4)7-8-14(15)16(19)20/h12-15H,5-11H2,1-4H3,(H,19,20). The second kappa shape index (κ2) is 6.05. The van der Waals surface area contributed by atoms with Crippen molar-refractivity contribution in [3.8, 4) is 0 Å². The number of piperidine rings is 1. The Bertz CT molecular complexity index is 347. The van der Waals surface area contributed by atoms with Crippen molar-refractivity contribution in [2.24, 2.45) is 23.2 Å². The van der Waals surface area contributed by atoms with Crippen LogP contribution in [-0.4, -0.2) is 35.1 Å². The SMILES string of the molecule is CC1CCCN(C2CC(C(C)(C)C)CCC2C(=O)O)C1. The van der Waals surface area contributed by atoms with E-state index in [-0.39, 0.29) is 12.0 Å². The Labute approximate surface area is 123 Å². The molecule has 1 N–H and O–H groups in total. The van der Waals surface area contributed by atoms with Crippen LogP contribution in [0.3, 0.4) is 0 Å². The van der Waals surface area contributed by atoms with Crippen LogP contribution in [0.1, 0.15) is 59.8 Å². The average molecular weight is 281 g/mol. The lowest BCUT2D eigenvalue weighted by Crippen LogP contribution is -2.51. The van der Waals surface area contributed by atoms with Gasteiger partial charge >= 0.3 is 5.97 Å². The lowest BCUT2D eigenvalue weighted by atomic mass is 9.67. The zero-order valence-electron chi connectivity index (χ0n) is 13.6. The van der Waals surface area contributed by atoms with Gasteiger partial charge in [-0.2, -0.15) is 0 Å². The van der Waals surface area contributed by atoms with Crippen molar-refractivity contribution in [1.29, 1.82) is 0 Å². The number of carboxylic acids is 1. The zero-order valence-corrected chi connectivity index (χ0v) is 13.6. The maximum atomic E-state index is 11.6. The molecular formula is C17H31NO2. The number of hydrogen-bond donors (Lipinski definition) is 1. The predicted octanol–water partition coefficient (Wildman–Crippen LogP) is 3.63. The first-order chi connectivity index (χ1) is 9.29. The summed E-state index contributed by atoms with van der Waals surface area (Å²) in [5.74, 6) is 0.632. The van der Waals surface area contributed by atoms with E-state index in [0.29, 0.717) is 17.3 Å². The Morgan fingerprint density at radius 2 is 1.90 bits per heavy atom.